The van der Waals surface area contributed by atoms with Crippen molar-refractivity contribution in [3.63, 3.8) is 0 Å². The fraction of sp³-hybridized carbons (Fsp3) is 0.944. The molecule has 0 spiro atoms. The third-order valence-electron chi connectivity index (χ3n) is 4.20. The first-order valence-electron chi connectivity index (χ1n) is 9.00. The van der Waals surface area contributed by atoms with Crippen LogP contribution in [0.2, 0.25) is 0 Å². The van der Waals surface area contributed by atoms with E-state index in [0.717, 1.165) is 12.8 Å². The Kier molecular flexibility index (Phi) is 8.46. The van der Waals surface area contributed by atoms with E-state index in [9.17, 15) is 9.90 Å². The maximum absolute atomic E-state index is 12.4. The van der Waals surface area contributed by atoms with Gasteiger partial charge >= 0.3 is 6.09 Å². The van der Waals surface area contributed by atoms with Crippen LogP contribution in [0.4, 0.5) is 4.79 Å². The van der Waals surface area contributed by atoms with Crippen LogP contribution >= 0.6 is 0 Å². The van der Waals surface area contributed by atoms with Crippen LogP contribution in [0.1, 0.15) is 47.5 Å². The van der Waals surface area contributed by atoms with Gasteiger partial charge in [0.05, 0.1) is 19.3 Å². The zero-order valence-electron chi connectivity index (χ0n) is 16.2. The van der Waals surface area contributed by atoms with Gasteiger partial charge < -0.3 is 24.8 Å². The monoisotopic (exact) mass is 344 g/mol. The number of methoxy groups -OCH3 is 1. The minimum absolute atomic E-state index is 0.0501. The van der Waals surface area contributed by atoms with Crippen molar-refractivity contribution < 1.29 is 19.4 Å². The Bertz CT molecular complexity index is 382. The Hall–Kier alpha value is -0.850. The molecule has 2 N–H and O–H groups in total. The van der Waals surface area contributed by atoms with Gasteiger partial charge in [-0.3, -0.25) is 0 Å². The Morgan fingerprint density at radius 3 is 2.54 bits per heavy atom. The third-order valence-corrected chi connectivity index (χ3v) is 4.20. The van der Waals surface area contributed by atoms with Gasteiger partial charge in [0.1, 0.15) is 5.60 Å². The highest BCUT2D eigenvalue weighted by atomic mass is 16.6. The molecule has 0 aromatic carbocycles. The molecular formula is C18H36N2O4. The summed E-state index contributed by atoms with van der Waals surface area (Å²) in [7, 11) is 1.64. The molecule has 24 heavy (non-hydrogen) atoms. The smallest absolute Gasteiger partial charge is 0.410 e. The third kappa shape index (κ3) is 7.36. The van der Waals surface area contributed by atoms with E-state index < -0.39 is 5.60 Å². The van der Waals surface area contributed by atoms with Crippen LogP contribution in [0.25, 0.3) is 0 Å². The van der Waals surface area contributed by atoms with E-state index in [1.165, 1.54) is 0 Å². The number of aliphatic hydroxyl groups is 1. The second-order valence-corrected chi connectivity index (χ2v) is 8.21. The lowest BCUT2D eigenvalue weighted by atomic mass is 9.85. The second-order valence-electron chi connectivity index (χ2n) is 8.21. The highest BCUT2D eigenvalue weighted by molar-refractivity contribution is 5.68. The Morgan fingerprint density at radius 2 is 2.04 bits per heavy atom. The van der Waals surface area contributed by atoms with Gasteiger partial charge in [-0.15, -0.1) is 0 Å². The number of amides is 1. The summed E-state index contributed by atoms with van der Waals surface area (Å²) in [5.41, 5.74) is -0.472. The number of likely N-dealkylation sites (tertiary alicyclic amines) is 1. The van der Waals surface area contributed by atoms with Crippen molar-refractivity contribution in [2.75, 3.05) is 33.4 Å². The van der Waals surface area contributed by atoms with Crippen LogP contribution < -0.4 is 5.32 Å². The van der Waals surface area contributed by atoms with Gasteiger partial charge in [0, 0.05) is 26.2 Å². The molecule has 3 unspecified atom stereocenters. The SMILES string of the molecule is COCC(CO)NC1CCN(C(=O)OC(C)(C)C)CC1CC(C)C. The molecule has 0 aliphatic carbocycles. The fourth-order valence-corrected chi connectivity index (χ4v) is 3.25. The topological polar surface area (TPSA) is 71.0 Å². The number of hydrogen-bond acceptors (Lipinski definition) is 5. The van der Waals surface area contributed by atoms with Crippen molar-refractivity contribution in [2.45, 2.75) is 65.1 Å². The van der Waals surface area contributed by atoms with E-state index in [1.54, 1.807) is 7.11 Å². The lowest BCUT2D eigenvalue weighted by molar-refractivity contribution is 0.00932. The van der Waals surface area contributed by atoms with Gasteiger partial charge in [-0.05, 0) is 45.4 Å². The molecule has 1 amide bonds. The Balaban J connectivity index is 2.71. The van der Waals surface area contributed by atoms with Crippen LogP contribution in [0.15, 0.2) is 0 Å². The number of rotatable bonds is 7. The molecule has 0 bridgehead atoms. The van der Waals surface area contributed by atoms with E-state index in [1.807, 2.05) is 25.7 Å². The number of aliphatic hydroxyl groups excluding tert-OH is 1. The van der Waals surface area contributed by atoms with Crippen molar-refractivity contribution in [2.24, 2.45) is 11.8 Å². The highest BCUT2D eigenvalue weighted by Crippen LogP contribution is 2.25. The Morgan fingerprint density at radius 1 is 1.38 bits per heavy atom. The van der Waals surface area contributed by atoms with E-state index >= 15 is 0 Å². The first-order chi connectivity index (χ1) is 11.2. The predicted octanol–water partition coefficient (Wildman–Crippen LogP) is 2.25. The quantitative estimate of drug-likeness (QED) is 0.741. The van der Waals surface area contributed by atoms with E-state index in [4.69, 9.17) is 9.47 Å². The largest absolute Gasteiger partial charge is 0.444 e. The average Bonchev–Trinajstić information content (AvgIpc) is 2.45. The number of ether oxygens (including phenoxy) is 2. The molecule has 0 aromatic heterocycles. The van der Waals surface area contributed by atoms with Crippen molar-refractivity contribution in [1.82, 2.24) is 10.2 Å². The molecule has 142 valence electrons. The molecule has 1 saturated heterocycles. The number of hydrogen-bond donors (Lipinski definition) is 2. The number of carbonyl (C=O) groups excluding carboxylic acids is 1. The number of piperidine rings is 1. The van der Waals surface area contributed by atoms with Gasteiger partial charge in [0.15, 0.2) is 0 Å². The molecule has 1 aliphatic heterocycles. The lowest BCUT2D eigenvalue weighted by Gasteiger charge is -2.41. The van der Waals surface area contributed by atoms with Gasteiger partial charge in [0.25, 0.3) is 0 Å². The molecule has 3 atom stereocenters. The first-order valence-corrected chi connectivity index (χ1v) is 9.00. The molecule has 6 nitrogen and oxygen atoms in total. The molecule has 0 aromatic rings. The normalized spacial score (nSPS) is 23.4. The van der Waals surface area contributed by atoms with Crippen molar-refractivity contribution in [3.05, 3.63) is 0 Å². The van der Waals surface area contributed by atoms with Crippen LogP contribution in [0.5, 0.6) is 0 Å². The number of nitrogens with zero attached hydrogens (tertiary/aromatic N) is 1. The molecule has 1 heterocycles. The van der Waals surface area contributed by atoms with Crippen LogP contribution in [-0.2, 0) is 9.47 Å². The maximum Gasteiger partial charge on any atom is 0.410 e. The zero-order valence-corrected chi connectivity index (χ0v) is 16.2. The zero-order chi connectivity index (χ0) is 18.3. The summed E-state index contributed by atoms with van der Waals surface area (Å²) in [4.78, 5) is 14.2. The summed E-state index contributed by atoms with van der Waals surface area (Å²) in [5, 5.41) is 13.0. The molecule has 0 radical (unpaired) electrons. The highest BCUT2D eigenvalue weighted by Gasteiger charge is 2.34. The fourth-order valence-electron chi connectivity index (χ4n) is 3.25. The van der Waals surface area contributed by atoms with E-state index in [0.29, 0.717) is 31.5 Å². The van der Waals surface area contributed by atoms with Gasteiger partial charge in [0.2, 0.25) is 0 Å². The minimum Gasteiger partial charge on any atom is -0.444 e. The summed E-state index contributed by atoms with van der Waals surface area (Å²) in [5.74, 6) is 0.894. The molecule has 0 saturated carbocycles. The summed E-state index contributed by atoms with van der Waals surface area (Å²) >= 11 is 0. The minimum atomic E-state index is -0.472. The lowest BCUT2D eigenvalue weighted by Crippen LogP contribution is -2.55. The van der Waals surface area contributed by atoms with E-state index in [-0.39, 0.29) is 24.8 Å². The summed E-state index contributed by atoms with van der Waals surface area (Å²) < 4.78 is 10.7. The summed E-state index contributed by atoms with van der Waals surface area (Å²) in [6, 6.07) is 0.209. The summed E-state index contributed by atoms with van der Waals surface area (Å²) in [6.07, 6.45) is 1.66. The van der Waals surface area contributed by atoms with Gasteiger partial charge in [-0.25, -0.2) is 4.79 Å². The molecule has 1 rings (SSSR count). The first kappa shape index (κ1) is 21.2. The van der Waals surface area contributed by atoms with Gasteiger partial charge in [-0.1, -0.05) is 13.8 Å². The molecule has 1 fully saturated rings. The van der Waals surface area contributed by atoms with Crippen LogP contribution in [0, 0.1) is 11.8 Å². The van der Waals surface area contributed by atoms with Gasteiger partial charge in [-0.2, -0.15) is 0 Å². The van der Waals surface area contributed by atoms with Crippen molar-refractivity contribution >= 4 is 6.09 Å². The molecule has 1 aliphatic rings. The number of nitrogens with one attached hydrogen (secondary N) is 1. The Labute approximate surface area is 146 Å². The average molecular weight is 344 g/mol. The van der Waals surface area contributed by atoms with Crippen molar-refractivity contribution in [1.29, 1.82) is 0 Å². The van der Waals surface area contributed by atoms with Crippen molar-refractivity contribution in [3.8, 4) is 0 Å². The molecule has 6 heteroatoms. The van der Waals surface area contributed by atoms with Crippen LogP contribution in [0.3, 0.4) is 0 Å². The standard InChI is InChI=1S/C18H36N2O4/c1-13(2)9-14-10-20(17(22)24-18(3,4)5)8-7-16(14)19-15(11-21)12-23-6/h13-16,19,21H,7-12H2,1-6H3. The second kappa shape index (κ2) is 9.59. The molecular weight excluding hydrogens is 308 g/mol. The van der Waals surface area contributed by atoms with E-state index in [2.05, 4.69) is 19.2 Å². The maximum atomic E-state index is 12.4. The van der Waals surface area contributed by atoms with Crippen LogP contribution in [-0.4, -0.2) is 67.2 Å². The summed E-state index contributed by atoms with van der Waals surface area (Å²) in [6.45, 7) is 12.0. The number of carbonyl (C=O) groups is 1. The predicted molar refractivity (Wildman–Crippen MR) is 95.0 cm³/mol.